The number of rotatable bonds is 7. The van der Waals surface area contributed by atoms with Crippen LogP contribution in [0.1, 0.15) is 24.7 Å². The number of benzene rings is 1. The van der Waals surface area contributed by atoms with Gasteiger partial charge in [0.05, 0.1) is 6.26 Å². The second kappa shape index (κ2) is 7.20. The molecule has 4 heteroatoms. The van der Waals surface area contributed by atoms with Crippen LogP contribution in [0.15, 0.2) is 41.0 Å². The SMILES string of the molecule is CCCNC(Cc1ccco1)Cc1c(F)cccc1F. The first-order chi connectivity index (χ1) is 9.70. The minimum absolute atomic E-state index is 0.0486. The minimum atomic E-state index is -0.493. The molecular weight excluding hydrogens is 260 g/mol. The molecule has 0 radical (unpaired) electrons. The molecule has 1 aromatic heterocycles. The Morgan fingerprint density at radius 2 is 1.85 bits per heavy atom. The standard InChI is InChI=1S/C16H19F2NO/c1-2-8-19-12(10-13-5-4-9-20-13)11-14-15(17)6-3-7-16(14)18/h3-7,9,12,19H,2,8,10-11H2,1H3. The van der Waals surface area contributed by atoms with E-state index >= 15 is 0 Å². The van der Waals surface area contributed by atoms with Crippen molar-refractivity contribution in [3.8, 4) is 0 Å². The highest BCUT2D eigenvalue weighted by molar-refractivity contribution is 5.21. The van der Waals surface area contributed by atoms with E-state index in [9.17, 15) is 8.78 Å². The van der Waals surface area contributed by atoms with Crippen LogP contribution in [0.2, 0.25) is 0 Å². The molecule has 20 heavy (non-hydrogen) atoms. The van der Waals surface area contributed by atoms with Crippen molar-refractivity contribution in [2.45, 2.75) is 32.2 Å². The predicted molar refractivity (Wildman–Crippen MR) is 74.6 cm³/mol. The second-order valence-electron chi connectivity index (χ2n) is 4.84. The summed E-state index contributed by atoms with van der Waals surface area (Å²) < 4.78 is 32.8. The van der Waals surface area contributed by atoms with Crippen LogP contribution >= 0.6 is 0 Å². The van der Waals surface area contributed by atoms with E-state index in [1.165, 1.54) is 18.2 Å². The molecule has 2 nitrogen and oxygen atoms in total. The highest BCUT2D eigenvalue weighted by Crippen LogP contribution is 2.16. The molecule has 1 unspecified atom stereocenters. The van der Waals surface area contributed by atoms with Gasteiger partial charge in [-0.3, -0.25) is 0 Å². The molecule has 0 aliphatic heterocycles. The van der Waals surface area contributed by atoms with Crippen LogP contribution in [0, 0.1) is 11.6 Å². The fourth-order valence-corrected chi connectivity index (χ4v) is 2.21. The summed E-state index contributed by atoms with van der Waals surface area (Å²) in [6.07, 6.45) is 3.49. The average molecular weight is 279 g/mol. The van der Waals surface area contributed by atoms with Crippen molar-refractivity contribution in [1.29, 1.82) is 0 Å². The van der Waals surface area contributed by atoms with Crippen LogP contribution in [0.25, 0.3) is 0 Å². The normalized spacial score (nSPS) is 12.6. The van der Waals surface area contributed by atoms with Crippen molar-refractivity contribution in [2.24, 2.45) is 0 Å². The van der Waals surface area contributed by atoms with Gasteiger partial charge in [-0.25, -0.2) is 8.78 Å². The molecule has 0 amide bonds. The van der Waals surface area contributed by atoms with Gasteiger partial charge in [-0.05, 0) is 43.7 Å². The van der Waals surface area contributed by atoms with Gasteiger partial charge >= 0.3 is 0 Å². The van der Waals surface area contributed by atoms with Gasteiger partial charge in [0.1, 0.15) is 17.4 Å². The van der Waals surface area contributed by atoms with Crippen molar-refractivity contribution in [3.63, 3.8) is 0 Å². The molecule has 0 spiro atoms. The van der Waals surface area contributed by atoms with Gasteiger partial charge < -0.3 is 9.73 Å². The summed E-state index contributed by atoms with van der Waals surface area (Å²) in [4.78, 5) is 0. The number of hydrogen-bond acceptors (Lipinski definition) is 2. The van der Waals surface area contributed by atoms with E-state index in [0.717, 1.165) is 18.7 Å². The van der Waals surface area contributed by atoms with Gasteiger partial charge in [0.15, 0.2) is 0 Å². The molecule has 0 bridgehead atoms. The lowest BCUT2D eigenvalue weighted by atomic mass is 10.0. The molecule has 108 valence electrons. The van der Waals surface area contributed by atoms with Crippen LogP contribution in [-0.2, 0) is 12.8 Å². The smallest absolute Gasteiger partial charge is 0.129 e. The van der Waals surface area contributed by atoms with Crippen molar-refractivity contribution >= 4 is 0 Å². The van der Waals surface area contributed by atoms with E-state index in [-0.39, 0.29) is 11.6 Å². The summed E-state index contributed by atoms with van der Waals surface area (Å²) in [5, 5.41) is 3.32. The van der Waals surface area contributed by atoms with Gasteiger partial charge in [0.25, 0.3) is 0 Å². The summed E-state index contributed by atoms with van der Waals surface area (Å²) in [5.74, 6) is -0.171. The van der Waals surface area contributed by atoms with Gasteiger partial charge in [-0.15, -0.1) is 0 Å². The highest BCUT2D eigenvalue weighted by atomic mass is 19.1. The van der Waals surface area contributed by atoms with Crippen LogP contribution in [0.3, 0.4) is 0 Å². The third-order valence-corrected chi connectivity index (χ3v) is 3.22. The quantitative estimate of drug-likeness (QED) is 0.835. The maximum atomic E-state index is 13.7. The number of furan rings is 1. The lowest BCUT2D eigenvalue weighted by molar-refractivity contribution is 0.427. The summed E-state index contributed by atoms with van der Waals surface area (Å²) >= 11 is 0. The van der Waals surface area contributed by atoms with E-state index in [1.54, 1.807) is 6.26 Å². The molecule has 2 rings (SSSR count). The second-order valence-corrected chi connectivity index (χ2v) is 4.84. The third kappa shape index (κ3) is 3.90. The molecule has 1 heterocycles. The van der Waals surface area contributed by atoms with Crippen molar-refractivity contribution < 1.29 is 13.2 Å². The molecule has 0 fully saturated rings. The zero-order valence-corrected chi connectivity index (χ0v) is 11.5. The van der Waals surface area contributed by atoms with Crippen molar-refractivity contribution in [3.05, 3.63) is 59.6 Å². The number of halogens is 2. The van der Waals surface area contributed by atoms with E-state index < -0.39 is 11.6 Å². The van der Waals surface area contributed by atoms with Gasteiger partial charge in [-0.1, -0.05) is 13.0 Å². The fraction of sp³-hybridized carbons (Fsp3) is 0.375. The zero-order valence-electron chi connectivity index (χ0n) is 11.5. The monoisotopic (exact) mass is 279 g/mol. The van der Waals surface area contributed by atoms with E-state index in [2.05, 4.69) is 12.2 Å². The van der Waals surface area contributed by atoms with Crippen LogP contribution < -0.4 is 5.32 Å². The van der Waals surface area contributed by atoms with Crippen LogP contribution in [-0.4, -0.2) is 12.6 Å². The molecule has 0 aliphatic carbocycles. The summed E-state index contributed by atoms with van der Waals surface area (Å²) in [6.45, 7) is 2.86. The zero-order chi connectivity index (χ0) is 14.4. The van der Waals surface area contributed by atoms with Gasteiger partial charge in [0, 0.05) is 18.0 Å². The molecule has 2 aromatic rings. The molecule has 0 saturated carbocycles. The fourth-order valence-electron chi connectivity index (χ4n) is 2.21. The Morgan fingerprint density at radius 3 is 2.45 bits per heavy atom. The highest BCUT2D eigenvalue weighted by Gasteiger charge is 2.16. The molecule has 1 aromatic carbocycles. The lowest BCUT2D eigenvalue weighted by Gasteiger charge is -2.18. The number of nitrogens with one attached hydrogen (secondary N) is 1. The third-order valence-electron chi connectivity index (χ3n) is 3.22. The Labute approximate surface area is 117 Å². The van der Waals surface area contributed by atoms with E-state index in [4.69, 9.17) is 4.42 Å². The molecular formula is C16H19F2NO. The van der Waals surface area contributed by atoms with E-state index in [1.807, 2.05) is 12.1 Å². The Balaban J connectivity index is 2.10. The Hall–Kier alpha value is -1.68. The lowest BCUT2D eigenvalue weighted by Crippen LogP contribution is -2.34. The maximum absolute atomic E-state index is 13.7. The Kier molecular flexibility index (Phi) is 5.30. The van der Waals surface area contributed by atoms with Crippen LogP contribution in [0.4, 0.5) is 8.78 Å². The summed E-state index contributed by atoms with van der Waals surface area (Å²) in [5.41, 5.74) is 0.132. The average Bonchev–Trinajstić information content (AvgIpc) is 2.93. The van der Waals surface area contributed by atoms with Crippen molar-refractivity contribution in [1.82, 2.24) is 5.32 Å². The van der Waals surface area contributed by atoms with Gasteiger partial charge in [0.2, 0.25) is 0 Å². The molecule has 1 atom stereocenters. The Morgan fingerprint density at radius 1 is 1.10 bits per heavy atom. The molecule has 1 N–H and O–H groups in total. The summed E-state index contributed by atoms with van der Waals surface area (Å²) in [6, 6.07) is 7.61. The first-order valence-corrected chi connectivity index (χ1v) is 6.89. The van der Waals surface area contributed by atoms with E-state index in [0.29, 0.717) is 12.8 Å². The van der Waals surface area contributed by atoms with Gasteiger partial charge in [-0.2, -0.15) is 0 Å². The van der Waals surface area contributed by atoms with Crippen LogP contribution in [0.5, 0.6) is 0 Å². The molecule has 0 saturated heterocycles. The summed E-state index contributed by atoms with van der Waals surface area (Å²) in [7, 11) is 0. The number of hydrogen-bond donors (Lipinski definition) is 1. The first kappa shape index (κ1) is 14.7. The maximum Gasteiger partial charge on any atom is 0.129 e. The topological polar surface area (TPSA) is 25.2 Å². The Bertz CT molecular complexity index is 505. The largest absolute Gasteiger partial charge is 0.469 e. The minimum Gasteiger partial charge on any atom is -0.469 e. The first-order valence-electron chi connectivity index (χ1n) is 6.89. The molecule has 0 aliphatic rings. The van der Waals surface area contributed by atoms with Crippen molar-refractivity contribution in [2.75, 3.05) is 6.54 Å². The predicted octanol–water partition coefficient (Wildman–Crippen LogP) is 3.71.